The number of benzene rings is 1. The van der Waals surface area contributed by atoms with Crippen molar-refractivity contribution in [2.24, 2.45) is 0 Å². The van der Waals surface area contributed by atoms with Gasteiger partial charge in [-0.3, -0.25) is 10.1 Å². The summed E-state index contributed by atoms with van der Waals surface area (Å²) >= 11 is 1.35. The van der Waals surface area contributed by atoms with Crippen LogP contribution in [-0.2, 0) is 0 Å². The molecule has 0 atom stereocenters. The molecule has 0 aliphatic heterocycles. The van der Waals surface area contributed by atoms with E-state index in [4.69, 9.17) is 0 Å². The second kappa shape index (κ2) is 9.83. The number of anilines is 1. The maximum Gasteiger partial charge on any atom is 0.251 e. The molecule has 0 bridgehead atoms. The summed E-state index contributed by atoms with van der Waals surface area (Å²) < 4.78 is 3.16. The first-order valence-electron chi connectivity index (χ1n) is 6.18. The van der Waals surface area contributed by atoms with Gasteiger partial charge in [0, 0.05) is 16.7 Å². The van der Waals surface area contributed by atoms with Crippen LogP contribution in [0.15, 0.2) is 59.7 Å². The Morgan fingerprint density at radius 3 is 2.52 bits per heavy atom. The quantitative estimate of drug-likeness (QED) is 0.243. The predicted octanol–water partition coefficient (Wildman–Crippen LogP) is 5.33. The molecule has 1 aromatic rings. The van der Waals surface area contributed by atoms with E-state index in [1.54, 1.807) is 6.08 Å². The van der Waals surface area contributed by atoms with Crippen molar-refractivity contribution in [1.29, 1.82) is 0 Å². The number of hydrogen-bond acceptors (Lipinski definition) is 4. The maximum atomic E-state index is 10.9. The molecule has 0 heterocycles. The van der Waals surface area contributed by atoms with Gasteiger partial charge in [0.15, 0.2) is 0 Å². The number of nitrogens with zero attached hydrogens (tertiary/aromatic N) is 1. The summed E-state index contributed by atoms with van der Waals surface area (Å²) in [4.78, 5) is 11.3. The molecule has 1 aromatic carbocycles. The molecular weight excluding hydrogens is 284 g/mol. The topological polar surface area (TPSA) is 55.2 Å². The lowest BCUT2D eigenvalue weighted by atomic mass is 10.2. The molecule has 0 radical (unpaired) electrons. The van der Waals surface area contributed by atoms with Crippen molar-refractivity contribution >= 4 is 17.6 Å². The SMILES string of the molecule is C.C=CC/C(=C\C(=C/C)SNc1ccc(C)cc1)[N+](=O)[O-]. The Morgan fingerprint density at radius 2 is 2.05 bits per heavy atom. The summed E-state index contributed by atoms with van der Waals surface area (Å²) in [7, 11) is 0. The molecule has 0 fully saturated rings. The lowest BCUT2D eigenvalue weighted by Crippen LogP contribution is -1.98. The van der Waals surface area contributed by atoms with Gasteiger partial charge < -0.3 is 4.72 Å². The summed E-state index contributed by atoms with van der Waals surface area (Å²) in [6.07, 6.45) is 5.17. The molecule has 0 aliphatic rings. The second-order valence-corrected chi connectivity index (χ2v) is 5.03. The van der Waals surface area contributed by atoms with Gasteiger partial charge in [0.1, 0.15) is 0 Å². The van der Waals surface area contributed by atoms with Crippen molar-refractivity contribution < 1.29 is 4.92 Å². The van der Waals surface area contributed by atoms with Crippen LogP contribution < -0.4 is 4.72 Å². The lowest BCUT2D eigenvalue weighted by molar-refractivity contribution is -0.426. The van der Waals surface area contributed by atoms with Crippen LogP contribution in [0, 0.1) is 17.0 Å². The van der Waals surface area contributed by atoms with Gasteiger partial charge in [-0.25, -0.2) is 0 Å². The Hall–Kier alpha value is -2.01. The first-order valence-corrected chi connectivity index (χ1v) is 7.00. The monoisotopic (exact) mass is 306 g/mol. The number of aryl methyl sites for hydroxylation is 1. The molecule has 0 unspecified atom stereocenters. The van der Waals surface area contributed by atoms with Crippen LogP contribution >= 0.6 is 11.9 Å². The Balaban J connectivity index is 0.00000400. The Bertz CT molecular complexity index is 534. The van der Waals surface area contributed by atoms with E-state index < -0.39 is 0 Å². The molecule has 0 aliphatic carbocycles. The molecule has 1 N–H and O–H groups in total. The fraction of sp³-hybridized carbons (Fsp3) is 0.250. The first-order chi connectivity index (χ1) is 9.56. The van der Waals surface area contributed by atoms with Crippen molar-refractivity contribution in [2.75, 3.05) is 4.72 Å². The predicted molar refractivity (Wildman–Crippen MR) is 92.8 cm³/mol. The minimum absolute atomic E-state index is 0. The van der Waals surface area contributed by atoms with Crippen molar-refractivity contribution in [3.05, 3.63) is 75.4 Å². The van der Waals surface area contributed by atoms with Gasteiger partial charge in [-0.2, -0.15) is 0 Å². The lowest BCUT2D eigenvalue weighted by Gasteiger charge is -2.06. The second-order valence-electron chi connectivity index (χ2n) is 4.15. The van der Waals surface area contributed by atoms with Crippen LogP contribution in [-0.4, -0.2) is 4.92 Å². The van der Waals surface area contributed by atoms with Gasteiger partial charge in [0.05, 0.1) is 11.3 Å². The van der Waals surface area contributed by atoms with E-state index in [9.17, 15) is 10.1 Å². The Labute approximate surface area is 130 Å². The maximum absolute atomic E-state index is 10.9. The minimum Gasteiger partial charge on any atom is -0.326 e. The standard InChI is InChI=1S/C15H18N2O2S.CH4/c1-4-6-14(17(18)19)11-15(5-2)20-16-13-9-7-12(3)8-10-13;/h4-5,7-11,16H,1,6H2,2-3H3;1H4/b14-11+,15-5+;. The fourth-order valence-electron chi connectivity index (χ4n) is 1.41. The highest BCUT2D eigenvalue weighted by Gasteiger charge is 2.09. The number of rotatable bonds is 7. The van der Waals surface area contributed by atoms with Crippen molar-refractivity contribution in [1.82, 2.24) is 0 Å². The third kappa shape index (κ3) is 6.81. The summed E-state index contributed by atoms with van der Waals surface area (Å²) in [6, 6.07) is 7.96. The fourth-order valence-corrected chi connectivity index (χ4v) is 2.09. The van der Waals surface area contributed by atoms with Crippen molar-refractivity contribution in [3.8, 4) is 0 Å². The molecule has 21 heavy (non-hydrogen) atoms. The number of nitrogens with one attached hydrogen (secondary N) is 1. The van der Waals surface area contributed by atoms with Crippen LogP contribution in [0.4, 0.5) is 5.69 Å². The zero-order chi connectivity index (χ0) is 15.0. The van der Waals surface area contributed by atoms with Gasteiger partial charge in [-0.05, 0) is 37.9 Å². The molecule has 0 saturated carbocycles. The third-order valence-electron chi connectivity index (χ3n) is 2.52. The van der Waals surface area contributed by atoms with E-state index in [1.807, 2.05) is 44.2 Å². The first kappa shape index (κ1) is 19.0. The average Bonchev–Trinajstić information content (AvgIpc) is 2.43. The normalized spacial score (nSPS) is 11.5. The molecule has 1 rings (SSSR count). The minimum atomic E-state index is -0.377. The number of hydrogen-bond donors (Lipinski definition) is 1. The van der Waals surface area contributed by atoms with Crippen LogP contribution in [0.5, 0.6) is 0 Å². The van der Waals surface area contributed by atoms with E-state index >= 15 is 0 Å². The molecule has 0 amide bonds. The van der Waals surface area contributed by atoms with E-state index in [-0.39, 0.29) is 24.5 Å². The molecule has 0 saturated heterocycles. The van der Waals surface area contributed by atoms with E-state index in [0.29, 0.717) is 0 Å². The zero-order valence-electron chi connectivity index (χ0n) is 11.6. The summed E-state index contributed by atoms with van der Waals surface area (Å²) in [5.74, 6) is 0. The smallest absolute Gasteiger partial charge is 0.251 e. The van der Waals surface area contributed by atoms with E-state index in [2.05, 4.69) is 11.3 Å². The van der Waals surface area contributed by atoms with Crippen LogP contribution in [0.3, 0.4) is 0 Å². The molecular formula is C16H22N2O2S. The molecule has 114 valence electrons. The Kier molecular flexibility index (Phi) is 8.88. The van der Waals surface area contributed by atoms with Gasteiger partial charge in [-0.15, -0.1) is 6.58 Å². The molecule has 4 nitrogen and oxygen atoms in total. The largest absolute Gasteiger partial charge is 0.326 e. The highest BCUT2D eigenvalue weighted by Crippen LogP contribution is 2.23. The average molecular weight is 306 g/mol. The van der Waals surface area contributed by atoms with Crippen LogP contribution in [0.2, 0.25) is 0 Å². The number of nitro groups is 1. The van der Waals surface area contributed by atoms with Gasteiger partial charge in [0.2, 0.25) is 0 Å². The highest BCUT2D eigenvalue weighted by molar-refractivity contribution is 8.04. The van der Waals surface area contributed by atoms with E-state index in [0.717, 1.165) is 10.6 Å². The molecule has 5 heteroatoms. The molecule has 0 aromatic heterocycles. The van der Waals surface area contributed by atoms with Gasteiger partial charge >= 0.3 is 0 Å². The summed E-state index contributed by atoms with van der Waals surface area (Å²) in [6.45, 7) is 7.40. The highest BCUT2D eigenvalue weighted by atomic mass is 32.2. The Morgan fingerprint density at radius 1 is 1.43 bits per heavy atom. The summed E-state index contributed by atoms with van der Waals surface area (Å²) in [5.41, 5.74) is 2.28. The van der Waals surface area contributed by atoms with Crippen molar-refractivity contribution in [2.45, 2.75) is 27.7 Å². The van der Waals surface area contributed by atoms with E-state index in [1.165, 1.54) is 23.6 Å². The third-order valence-corrected chi connectivity index (χ3v) is 3.45. The van der Waals surface area contributed by atoms with Gasteiger partial charge in [-0.1, -0.05) is 37.3 Å². The number of allylic oxidation sites excluding steroid dienone is 3. The zero-order valence-corrected chi connectivity index (χ0v) is 12.4. The molecule has 0 spiro atoms. The van der Waals surface area contributed by atoms with Crippen LogP contribution in [0.1, 0.15) is 26.3 Å². The van der Waals surface area contributed by atoms with Gasteiger partial charge in [0.25, 0.3) is 5.70 Å². The van der Waals surface area contributed by atoms with Crippen LogP contribution in [0.25, 0.3) is 0 Å². The van der Waals surface area contributed by atoms with Crippen molar-refractivity contribution in [3.63, 3.8) is 0 Å². The summed E-state index contributed by atoms with van der Waals surface area (Å²) in [5, 5.41) is 10.9.